The zero-order chi connectivity index (χ0) is 8.43. The maximum Gasteiger partial charge on any atom is 0.414 e. The summed E-state index contributed by atoms with van der Waals surface area (Å²) >= 11 is 0. The van der Waals surface area contributed by atoms with Crippen LogP contribution >= 0.6 is 0 Å². The molecule has 11 heavy (non-hydrogen) atoms. The first-order chi connectivity index (χ1) is 5.13. The van der Waals surface area contributed by atoms with E-state index < -0.39 is 17.8 Å². The van der Waals surface area contributed by atoms with E-state index in [0.29, 0.717) is 11.3 Å². The maximum atomic E-state index is 10.8. The Hall–Kier alpha value is -1.39. The van der Waals surface area contributed by atoms with Gasteiger partial charge in [-0.05, 0) is 6.42 Å². The average molecular weight is 157 g/mol. The summed E-state index contributed by atoms with van der Waals surface area (Å²) < 4.78 is 0. The molecule has 1 aliphatic heterocycles. The largest absolute Gasteiger partial charge is 0.465 e. The van der Waals surface area contributed by atoms with Crippen molar-refractivity contribution in [2.24, 2.45) is 0 Å². The molecule has 60 valence electrons. The van der Waals surface area contributed by atoms with Crippen molar-refractivity contribution in [2.45, 2.75) is 12.8 Å². The fourth-order valence-corrected chi connectivity index (χ4v) is 0.939. The first kappa shape index (κ1) is 7.71. The van der Waals surface area contributed by atoms with Gasteiger partial charge in [0.05, 0.1) is 0 Å². The fourth-order valence-electron chi connectivity index (χ4n) is 0.939. The molecule has 0 saturated carbocycles. The molecule has 1 fully saturated rings. The van der Waals surface area contributed by atoms with E-state index in [-0.39, 0.29) is 13.0 Å². The number of carbonyl (C=O) groups is 3. The van der Waals surface area contributed by atoms with Crippen molar-refractivity contribution in [1.29, 1.82) is 0 Å². The van der Waals surface area contributed by atoms with E-state index >= 15 is 0 Å². The number of hydrogen-bond donors (Lipinski definition) is 1. The van der Waals surface area contributed by atoms with E-state index in [0.717, 1.165) is 0 Å². The van der Waals surface area contributed by atoms with Gasteiger partial charge in [0.25, 0.3) is 5.91 Å². The van der Waals surface area contributed by atoms with Crippen LogP contribution in [0.5, 0.6) is 0 Å². The summed E-state index contributed by atoms with van der Waals surface area (Å²) in [5, 5.41) is 8.38. The fraction of sp³-hybridized carbons (Fsp3) is 0.500. The lowest BCUT2D eigenvalue weighted by molar-refractivity contribution is -0.145. The van der Waals surface area contributed by atoms with E-state index in [4.69, 9.17) is 5.11 Å². The molecule has 1 heterocycles. The van der Waals surface area contributed by atoms with Gasteiger partial charge in [-0.2, -0.15) is 0 Å². The molecule has 0 aromatic heterocycles. The maximum absolute atomic E-state index is 10.8. The van der Waals surface area contributed by atoms with E-state index in [9.17, 15) is 14.4 Å². The van der Waals surface area contributed by atoms with Gasteiger partial charge < -0.3 is 5.11 Å². The number of amides is 2. The standard InChI is InChI=1S/C6H7NO4/c8-4-2-1-3-7(5(4)9)6(10)11/h1-3H2,(H,10,11). The van der Waals surface area contributed by atoms with E-state index in [1.165, 1.54) is 0 Å². The molecule has 0 aliphatic carbocycles. The SMILES string of the molecule is O=C1CCCN(C(=O)O)C1=O. The number of likely N-dealkylation sites (tertiary alicyclic amines) is 1. The normalized spacial score (nSPS) is 18.7. The highest BCUT2D eigenvalue weighted by Crippen LogP contribution is 2.06. The molecule has 1 aliphatic rings. The van der Waals surface area contributed by atoms with Gasteiger partial charge in [0.2, 0.25) is 5.78 Å². The highest BCUT2D eigenvalue weighted by Gasteiger charge is 2.30. The molecular formula is C6H7NO4. The monoisotopic (exact) mass is 157 g/mol. The third-order valence-corrected chi connectivity index (χ3v) is 1.50. The lowest BCUT2D eigenvalue weighted by Gasteiger charge is -2.19. The highest BCUT2D eigenvalue weighted by atomic mass is 16.4. The van der Waals surface area contributed by atoms with Crippen LogP contribution in [0, 0.1) is 0 Å². The first-order valence-electron chi connectivity index (χ1n) is 3.20. The van der Waals surface area contributed by atoms with Gasteiger partial charge in [0, 0.05) is 13.0 Å². The Balaban J connectivity index is 2.74. The molecular weight excluding hydrogens is 150 g/mol. The van der Waals surface area contributed by atoms with Crippen LogP contribution in [-0.4, -0.2) is 34.3 Å². The van der Waals surface area contributed by atoms with Crippen molar-refractivity contribution in [3.05, 3.63) is 0 Å². The van der Waals surface area contributed by atoms with Gasteiger partial charge in [-0.1, -0.05) is 0 Å². The molecule has 2 amide bonds. The number of carboxylic acid groups (broad SMARTS) is 1. The van der Waals surface area contributed by atoms with Crippen LogP contribution in [0.1, 0.15) is 12.8 Å². The number of rotatable bonds is 0. The number of hydrogen-bond acceptors (Lipinski definition) is 3. The van der Waals surface area contributed by atoms with E-state index in [2.05, 4.69) is 0 Å². The van der Waals surface area contributed by atoms with E-state index in [1.54, 1.807) is 0 Å². The molecule has 1 rings (SSSR count). The smallest absolute Gasteiger partial charge is 0.414 e. The minimum atomic E-state index is -1.34. The molecule has 0 spiro atoms. The lowest BCUT2D eigenvalue weighted by Crippen LogP contribution is -2.44. The van der Waals surface area contributed by atoms with Gasteiger partial charge in [-0.3, -0.25) is 9.59 Å². The summed E-state index contributed by atoms with van der Waals surface area (Å²) in [6.07, 6.45) is -0.734. The summed E-state index contributed by atoms with van der Waals surface area (Å²) in [6.45, 7) is 0.139. The van der Waals surface area contributed by atoms with Crippen LogP contribution in [0.2, 0.25) is 0 Å². The Morgan fingerprint density at radius 3 is 2.55 bits per heavy atom. The van der Waals surface area contributed by atoms with Crippen molar-refractivity contribution >= 4 is 17.8 Å². The van der Waals surface area contributed by atoms with Crippen molar-refractivity contribution in [2.75, 3.05) is 6.54 Å². The predicted molar refractivity (Wildman–Crippen MR) is 34.0 cm³/mol. The number of carbonyl (C=O) groups excluding carboxylic acids is 2. The molecule has 1 saturated heterocycles. The van der Waals surface area contributed by atoms with Crippen LogP contribution in [0.4, 0.5) is 4.79 Å². The lowest BCUT2D eigenvalue weighted by atomic mass is 10.1. The summed E-state index contributed by atoms with van der Waals surface area (Å²) in [5.41, 5.74) is 0. The Kier molecular flexibility index (Phi) is 1.89. The second-order valence-electron chi connectivity index (χ2n) is 2.27. The Morgan fingerprint density at radius 1 is 1.45 bits per heavy atom. The molecule has 0 aromatic carbocycles. The number of piperidine rings is 1. The molecule has 5 nitrogen and oxygen atoms in total. The summed E-state index contributed by atoms with van der Waals surface area (Å²) in [4.78, 5) is 32.2. The highest BCUT2D eigenvalue weighted by molar-refractivity contribution is 6.38. The summed E-state index contributed by atoms with van der Waals surface area (Å²) in [5.74, 6) is -1.51. The van der Waals surface area contributed by atoms with Gasteiger partial charge in [0.15, 0.2) is 0 Å². The molecule has 5 heteroatoms. The second-order valence-corrected chi connectivity index (χ2v) is 2.27. The minimum absolute atomic E-state index is 0.139. The predicted octanol–water partition coefficient (Wildman–Crippen LogP) is -0.144. The average Bonchev–Trinajstić information content (AvgIpc) is 1.94. The molecule has 0 unspecified atom stereocenters. The quantitative estimate of drug-likeness (QED) is 0.496. The molecule has 0 bridgehead atoms. The molecule has 0 aromatic rings. The van der Waals surface area contributed by atoms with Gasteiger partial charge >= 0.3 is 6.09 Å². The van der Waals surface area contributed by atoms with Crippen molar-refractivity contribution < 1.29 is 19.5 Å². The number of ketones is 1. The second kappa shape index (κ2) is 2.69. The van der Waals surface area contributed by atoms with Gasteiger partial charge in [0.1, 0.15) is 0 Å². The van der Waals surface area contributed by atoms with Crippen molar-refractivity contribution in [3.8, 4) is 0 Å². The van der Waals surface area contributed by atoms with Crippen LogP contribution in [0.25, 0.3) is 0 Å². The summed E-state index contributed by atoms with van der Waals surface area (Å²) in [7, 11) is 0. The first-order valence-corrected chi connectivity index (χ1v) is 3.20. The zero-order valence-electron chi connectivity index (χ0n) is 5.74. The van der Waals surface area contributed by atoms with Crippen molar-refractivity contribution in [1.82, 2.24) is 4.90 Å². The zero-order valence-corrected chi connectivity index (χ0v) is 5.74. The molecule has 0 radical (unpaired) electrons. The summed E-state index contributed by atoms with van der Waals surface area (Å²) in [6, 6.07) is 0. The Labute approximate surface area is 62.6 Å². The van der Waals surface area contributed by atoms with Gasteiger partial charge in [-0.25, -0.2) is 9.69 Å². The molecule has 1 N–H and O–H groups in total. The van der Waals surface area contributed by atoms with Crippen molar-refractivity contribution in [3.63, 3.8) is 0 Å². The van der Waals surface area contributed by atoms with Crippen LogP contribution < -0.4 is 0 Å². The number of Topliss-reactive ketones (excluding diaryl/α,β-unsaturated/α-hetero) is 1. The van der Waals surface area contributed by atoms with Crippen LogP contribution in [0.15, 0.2) is 0 Å². The topological polar surface area (TPSA) is 74.7 Å². The third-order valence-electron chi connectivity index (χ3n) is 1.50. The van der Waals surface area contributed by atoms with Crippen LogP contribution in [-0.2, 0) is 9.59 Å². The Morgan fingerprint density at radius 2 is 2.09 bits per heavy atom. The minimum Gasteiger partial charge on any atom is -0.465 e. The van der Waals surface area contributed by atoms with Crippen LogP contribution in [0.3, 0.4) is 0 Å². The number of nitrogens with zero attached hydrogens (tertiary/aromatic N) is 1. The van der Waals surface area contributed by atoms with E-state index in [1.807, 2.05) is 0 Å². The Bertz CT molecular complexity index is 223. The molecule has 0 atom stereocenters. The number of imide groups is 1. The third kappa shape index (κ3) is 1.36. The van der Waals surface area contributed by atoms with Gasteiger partial charge in [-0.15, -0.1) is 0 Å².